The summed E-state index contributed by atoms with van der Waals surface area (Å²) in [5.41, 5.74) is -1.67. The molecule has 0 bridgehead atoms. The molecular formula is C14H14ClF4NO. The van der Waals surface area contributed by atoms with Gasteiger partial charge in [-0.05, 0) is 31.0 Å². The van der Waals surface area contributed by atoms with Crippen LogP contribution in [0.5, 0.6) is 0 Å². The Morgan fingerprint density at radius 1 is 1.24 bits per heavy atom. The summed E-state index contributed by atoms with van der Waals surface area (Å²) in [5, 5.41) is 2.39. The van der Waals surface area contributed by atoms with Crippen LogP contribution in [0.2, 0.25) is 0 Å². The number of amides is 1. The molecule has 2 rings (SSSR count). The van der Waals surface area contributed by atoms with Crippen molar-refractivity contribution in [1.82, 2.24) is 5.32 Å². The van der Waals surface area contributed by atoms with Gasteiger partial charge >= 0.3 is 6.18 Å². The Morgan fingerprint density at radius 3 is 2.52 bits per heavy atom. The molecule has 0 radical (unpaired) electrons. The number of halogens is 5. The molecule has 1 amide bonds. The van der Waals surface area contributed by atoms with E-state index in [0.29, 0.717) is 18.6 Å². The maximum absolute atomic E-state index is 13.2. The molecule has 1 N–H and O–H groups in total. The topological polar surface area (TPSA) is 29.1 Å². The van der Waals surface area contributed by atoms with Crippen molar-refractivity contribution in [2.75, 3.05) is 0 Å². The zero-order chi connectivity index (χ0) is 15.6. The van der Waals surface area contributed by atoms with Crippen LogP contribution in [-0.4, -0.2) is 17.3 Å². The third-order valence-electron chi connectivity index (χ3n) is 3.53. The molecule has 0 heterocycles. The van der Waals surface area contributed by atoms with Gasteiger partial charge in [0.05, 0.1) is 10.9 Å². The first kappa shape index (κ1) is 16.1. The number of alkyl halides is 4. The molecule has 1 aromatic carbocycles. The molecule has 1 aliphatic rings. The smallest absolute Gasteiger partial charge is 0.348 e. The third kappa shape index (κ3) is 3.87. The van der Waals surface area contributed by atoms with E-state index < -0.39 is 23.5 Å². The summed E-state index contributed by atoms with van der Waals surface area (Å²) in [4.78, 5) is 12.0. The lowest BCUT2D eigenvalue weighted by atomic mass is 9.94. The Kier molecular flexibility index (Phi) is 4.76. The van der Waals surface area contributed by atoms with E-state index in [2.05, 4.69) is 5.32 Å². The molecule has 1 saturated carbocycles. The predicted octanol–water partition coefficient (Wildman–Crippen LogP) is 4.12. The molecule has 1 fully saturated rings. The SMILES string of the molecule is O=C(NC1CCCCC1Cl)c1ccc(F)c(C(F)(F)F)c1. The highest BCUT2D eigenvalue weighted by molar-refractivity contribution is 6.21. The normalized spacial score (nSPS) is 22.9. The highest BCUT2D eigenvalue weighted by Gasteiger charge is 2.35. The number of rotatable bonds is 2. The van der Waals surface area contributed by atoms with Gasteiger partial charge in [0.2, 0.25) is 0 Å². The number of nitrogens with one attached hydrogen (secondary N) is 1. The number of hydrogen-bond donors (Lipinski definition) is 1. The van der Waals surface area contributed by atoms with Crippen LogP contribution in [0.1, 0.15) is 41.6 Å². The van der Waals surface area contributed by atoms with Gasteiger partial charge in [-0.3, -0.25) is 4.79 Å². The lowest BCUT2D eigenvalue weighted by Crippen LogP contribution is -2.42. The van der Waals surface area contributed by atoms with Crippen molar-refractivity contribution in [3.05, 3.63) is 35.1 Å². The highest BCUT2D eigenvalue weighted by Crippen LogP contribution is 2.32. The van der Waals surface area contributed by atoms with Crippen LogP contribution in [0.15, 0.2) is 18.2 Å². The van der Waals surface area contributed by atoms with Crippen LogP contribution < -0.4 is 5.32 Å². The Labute approximate surface area is 124 Å². The monoisotopic (exact) mass is 323 g/mol. The number of carbonyl (C=O) groups is 1. The van der Waals surface area contributed by atoms with Crippen LogP contribution in [-0.2, 0) is 6.18 Å². The van der Waals surface area contributed by atoms with Crippen molar-refractivity contribution in [3.63, 3.8) is 0 Å². The van der Waals surface area contributed by atoms with Crippen molar-refractivity contribution < 1.29 is 22.4 Å². The van der Waals surface area contributed by atoms with Crippen LogP contribution >= 0.6 is 11.6 Å². The Morgan fingerprint density at radius 2 is 1.90 bits per heavy atom. The lowest BCUT2D eigenvalue weighted by Gasteiger charge is -2.27. The second-order valence-electron chi connectivity index (χ2n) is 5.07. The van der Waals surface area contributed by atoms with Crippen LogP contribution in [0.4, 0.5) is 17.6 Å². The molecule has 2 unspecified atom stereocenters. The molecule has 1 aromatic rings. The Hall–Kier alpha value is -1.30. The minimum Gasteiger partial charge on any atom is -0.348 e. The minimum atomic E-state index is -4.83. The fraction of sp³-hybridized carbons (Fsp3) is 0.500. The third-order valence-corrected chi connectivity index (χ3v) is 4.05. The summed E-state index contributed by atoms with van der Waals surface area (Å²) in [6.07, 6.45) is -1.52. The molecular weight excluding hydrogens is 310 g/mol. The number of hydrogen-bond acceptors (Lipinski definition) is 1. The highest BCUT2D eigenvalue weighted by atomic mass is 35.5. The maximum atomic E-state index is 13.2. The summed E-state index contributed by atoms with van der Waals surface area (Å²) in [6.45, 7) is 0. The summed E-state index contributed by atoms with van der Waals surface area (Å²) >= 11 is 6.09. The molecule has 0 aliphatic heterocycles. The van der Waals surface area contributed by atoms with Gasteiger partial charge in [0, 0.05) is 11.6 Å². The van der Waals surface area contributed by atoms with E-state index in [1.54, 1.807) is 0 Å². The molecule has 1 aliphatic carbocycles. The number of benzene rings is 1. The van der Waals surface area contributed by atoms with Crippen molar-refractivity contribution in [1.29, 1.82) is 0 Å². The van der Waals surface area contributed by atoms with E-state index in [1.807, 2.05) is 0 Å². The van der Waals surface area contributed by atoms with E-state index in [4.69, 9.17) is 11.6 Å². The van der Waals surface area contributed by atoms with Crippen molar-refractivity contribution in [2.45, 2.75) is 43.3 Å². The molecule has 2 atom stereocenters. The summed E-state index contributed by atoms with van der Waals surface area (Å²) in [7, 11) is 0. The van der Waals surface area contributed by atoms with Gasteiger partial charge < -0.3 is 5.32 Å². The second-order valence-corrected chi connectivity index (χ2v) is 5.63. The largest absolute Gasteiger partial charge is 0.419 e. The van der Waals surface area contributed by atoms with Crippen LogP contribution in [0, 0.1) is 5.82 Å². The Bertz CT molecular complexity index is 532. The van der Waals surface area contributed by atoms with Crippen molar-refractivity contribution in [3.8, 4) is 0 Å². The van der Waals surface area contributed by atoms with Gasteiger partial charge in [0.15, 0.2) is 0 Å². The van der Waals surface area contributed by atoms with E-state index >= 15 is 0 Å². The fourth-order valence-electron chi connectivity index (χ4n) is 2.38. The van der Waals surface area contributed by atoms with E-state index in [9.17, 15) is 22.4 Å². The average molecular weight is 324 g/mol. The van der Waals surface area contributed by atoms with E-state index in [0.717, 1.165) is 25.3 Å². The average Bonchev–Trinajstić information content (AvgIpc) is 2.40. The summed E-state index contributed by atoms with van der Waals surface area (Å²) in [5.74, 6) is -2.06. The van der Waals surface area contributed by atoms with E-state index in [-0.39, 0.29) is 17.0 Å². The second kappa shape index (κ2) is 6.22. The fourth-order valence-corrected chi connectivity index (χ4v) is 2.73. The summed E-state index contributed by atoms with van der Waals surface area (Å²) in [6, 6.07) is 1.94. The van der Waals surface area contributed by atoms with Gasteiger partial charge in [-0.25, -0.2) is 4.39 Å². The van der Waals surface area contributed by atoms with Gasteiger partial charge in [0.25, 0.3) is 5.91 Å². The zero-order valence-corrected chi connectivity index (χ0v) is 11.8. The molecule has 21 heavy (non-hydrogen) atoms. The van der Waals surface area contributed by atoms with Gasteiger partial charge in [-0.2, -0.15) is 13.2 Å². The van der Waals surface area contributed by atoms with E-state index in [1.165, 1.54) is 0 Å². The predicted molar refractivity (Wildman–Crippen MR) is 70.8 cm³/mol. The Balaban J connectivity index is 2.16. The van der Waals surface area contributed by atoms with Gasteiger partial charge in [0.1, 0.15) is 5.82 Å². The molecule has 0 aromatic heterocycles. The van der Waals surface area contributed by atoms with Crippen molar-refractivity contribution in [2.24, 2.45) is 0 Å². The molecule has 0 saturated heterocycles. The van der Waals surface area contributed by atoms with Crippen LogP contribution in [0.25, 0.3) is 0 Å². The first-order valence-electron chi connectivity index (χ1n) is 6.60. The first-order valence-corrected chi connectivity index (χ1v) is 7.04. The minimum absolute atomic E-state index is 0.224. The molecule has 7 heteroatoms. The van der Waals surface area contributed by atoms with Gasteiger partial charge in [-0.15, -0.1) is 11.6 Å². The zero-order valence-electron chi connectivity index (χ0n) is 11.0. The lowest BCUT2D eigenvalue weighted by molar-refractivity contribution is -0.140. The van der Waals surface area contributed by atoms with Gasteiger partial charge in [-0.1, -0.05) is 12.8 Å². The standard InChI is InChI=1S/C14H14ClF4NO/c15-10-3-1-2-4-12(10)20-13(21)8-5-6-11(16)9(7-8)14(17,18)19/h5-7,10,12H,1-4H2,(H,20,21). The molecule has 0 spiro atoms. The molecule has 116 valence electrons. The maximum Gasteiger partial charge on any atom is 0.419 e. The molecule has 2 nitrogen and oxygen atoms in total. The quantitative estimate of drug-likeness (QED) is 0.643. The van der Waals surface area contributed by atoms with Crippen molar-refractivity contribution >= 4 is 17.5 Å². The number of carbonyl (C=O) groups excluding carboxylic acids is 1. The van der Waals surface area contributed by atoms with Crippen LogP contribution in [0.3, 0.4) is 0 Å². The first-order chi connectivity index (χ1) is 9.79. The summed E-state index contributed by atoms with van der Waals surface area (Å²) < 4.78 is 51.0.